The van der Waals surface area contributed by atoms with Crippen LogP contribution >= 0.6 is 0 Å². The first-order valence-electron chi connectivity index (χ1n) is 8.22. The lowest BCUT2D eigenvalue weighted by Crippen LogP contribution is -2.56. The van der Waals surface area contributed by atoms with E-state index in [0.717, 1.165) is 0 Å². The second-order valence-electron chi connectivity index (χ2n) is 6.39. The summed E-state index contributed by atoms with van der Waals surface area (Å²) < 4.78 is 18.8. The quantitative estimate of drug-likeness (QED) is 0.850. The van der Waals surface area contributed by atoms with E-state index >= 15 is 0 Å². The van der Waals surface area contributed by atoms with Crippen LogP contribution in [-0.2, 0) is 4.79 Å². The maximum atomic E-state index is 13.0. The van der Waals surface area contributed by atoms with Crippen LogP contribution < -0.4 is 9.64 Å². The highest BCUT2D eigenvalue weighted by Crippen LogP contribution is 2.22. The largest absolute Gasteiger partial charge is 0.478 e. The second-order valence-corrected chi connectivity index (χ2v) is 6.39. The molecule has 7 heteroatoms. The summed E-state index contributed by atoms with van der Waals surface area (Å²) in [5, 5.41) is 0. The smallest absolute Gasteiger partial charge is 0.266 e. The average Bonchev–Trinajstić information content (AvgIpc) is 2.64. The predicted octanol–water partition coefficient (Wildman–Crippen LogP) is 2.12. The maximum Gasteiger partial charge on any atom is 0.266 e. The molecule has 0 spiro atoms. The summed E-state index contributed by atoms with van der Waals surface area (Å²) >= 11 is 0. The SMILES string of the molecule is CC(C)(Oc1ccc(F)cc1)C(=O)N1CCN(c2ncccn2)CC1. The van der Waals surface area contributed by atoms with Crippen LogP contribution in [0, 0.1) is 5.82 Å². The van der Waals surface area contributed by atoms with Crippen molar-refractivity contribution in [2.75, 3.05) is 31.1 Å². The van der Waals surface area contributed by atoms with Crippen molar-refractivity contribution >= 4 is 11.9 Å². The fourth-order valence-electron chi connectivity index (χ4n) is 2.79. The number of hydrogen-bond acceptors (Lipinski definition) is 5. The number of rotatable bonds is 4. The molecular formula is C18H21FN4O2. The Morgan fingerprint density at radius 2 is 1.68 bits per heavy atom. The number of aromatic nitrogens is 2. The van der Waals surface area contributed by atoms with Crippen LogP contribution in [0.2, 0.25) is 0 Å². The van der Waals surface area contributed by atoms with Crippen LogP contribution in [0.15, 0.2) is 42.7 Å². The van der Waals surface area contributed by atoms with E-state index in [1.165, 1.54) is 24.3 Å². The molecule has 1 saturated heterocycles. The Kier molecular flexibility index (Phi) is 4.83. The van der Waals surface area contributed by atoms with E-state index in [4.69, 9.17) is 4.74 Å². The normalized spacial score (nSPS) is 15.2. The molecule has 2 heterocycles. The molecule has 1 aromatic heterocycles. The number of ether oxygens (including phenoxy) is 1. The van der Waals surface area contributed by atoms with Gasteiger partial charge in [0.05, 0.1) is 0 Å². The molecule has 3 rings (SSSR count). The third-order valence-corrected chi connectivity index (χ3v) is 4.10. The van der Waals surface area contributed by atoms with Gasteiger partial charge < -0.3 is 14.5 Å². The summed E-state index contributed by atoms with van der Waals surface area (Å²) in [5.41, 5.74) is -1.02. The molecule has 132 valence electrons. The Bertz CT molecular complexity index is 714. The molecule has 1 aliphatic rings. The van der Waals surface area contributed by atoms with E-state index < -0.39 is 5.60 Å². The van der Waals surface area contributed by atoms with Crippen molar-refractivity contribution in [2.45, 2.75) is 19.4 Å². The first-order valence-corrected chi connectivity index (χ1v) is 8.22. The zero-order chi connectivity index (χ0) is 17.9. The molecule has 1 aromatic carbocycles. The van der Waals surface area contributed by atoms with Crippen LogP contribution in [-0.4, -0.2) is 52.6 Å². The average molecular weight is 344 g/mol. The summed E-state index contributed by atoms with van der Waals surface area (Å²) in [4.78, 5) is 25.1. The molecule has 25 heavy (non-hydrogen) atoms. The van der Waals surface area contributed by atoms with Gasteiger partial charge in [-0.3, -0.25) is 4.79 Å². The number of halogens is 1. The molecule has 1 aliphatic heterocycles. The monoisotopic (exact) mass is 344 g/mol. The van der Waals surface area contributed by atoms with Crippen molar-refractivity contribution in [1.82, 2.24) is 14.9 Å². The lowest BCUT2D eigenvalue weighted by molar-refractivity contribution is -0.145. The predicted molar refractivity (Wildman–Crippen MR) is 91.9 cm³/mol. The Hall–Kier alpha value is -2.70. The number of anilines is 1. The van der Waals surface area contributed by atoms with Gasteiger partial charge in [-0.05, 0) is 44.2 Å². The summed E-state index contributed by atoms with van der Waals surface area (Å²) in [6, 6.07) is 7.45. The number of carbonyl (C=O) groups is 1. The van der Waals surface area contributed by atoms with Crippen molar-refractivity contribution in [1.29, 1.82) is 0 Å². The van der Waals surface area contributed by atoms with Crippen LogP contribution in [0.3, 0.4) is 0 Å². The summed E-state index contributed by atoms with van der Waals surface area (Å²) in [7, 11) is 0. The first-order chi connectivity index (χ1) is 12.0. The standard InChI is InChI=1S/C18H21FN4O2/c1-18(2,25-15-6-4-14(19)5-7-15)16(24)22-10-12-23(13-11-22)17-20-8-3-9-21-17/h3-9H,10-13H2,1-2H3. The Balaban J connectivity index is 1.60. The lowest BCUT2D eigenvalue weighted by atomic mass is 10.1. The van der Waals surface area contributed by atoms with E-state index in [2.05, 4.69) is 14.9 Å². The molecule has 0 atom stereocenters. The highest BCUT2D eigenvalue weighted by molar-refractivity contribution is 5.85. The zero-order valence-electron chi connectivity index (χ0n) is 14.4. The molecule has 0 aliphatic carbocycles. The van der Waals surface area contributed by atoms with Gasteiger partial charge in [0, 0.05) is 38.6 Å². The highest BCUT2D eigenvalue weighted by atomic mass is 19.1. The minimum Gasteiger partial charge on any atom is -0.478 e. The lowest BCUT2D eigenvalue weighted by Gasteiger charge is -2.38. The van der Waals surface area contributed by atoms with E-state index in [0.29, 0.717) is 37.9 Å². The zero-order valence-corrected chi connectivity index (χ0v) is 14.4. The Labute approximate surface area is 146 Å². The fourth-order valence-corrected chi connectivity index (χ4v) is 2.79. The van der Waals surface area contributed by atoms with Crippen LogP contribution in [0.25, 0.3) is 0 Å². The topological polar surface area (TPSA) is 58.6 Å². The van der Waals surface area contributed by atoms with Crippen molar-refractivity contribution in [3.63, 3.8) is 0 Å². The Morgan fingerprint density at radius 3 is 2.28 bits per heavy atom. The van der Waals surface area contributed by atoms with Gasteiger partial charge in [-0.15, -0.1) is 0 Å². The van der Waals surface area contributed by atoms with Crippen molar-refractivity contribution in [2.24, 2.45) is 0 Å². The molecule has 0 radical (unpaired) electrons. The maximum absolute atomic E-state index is 13.0. The third kappa shape index (κ3) is 4.04. The molecule has 1 fully saturated rings. The minimum atomic E-state index is -1.02. The molecule has 0 N–H and O–H groups in total. The summed E-state index contributed by atoms with van der Waals surface area (Å²) in [5.74, 6) is 0.716. The number of piperazine rings is 1. The number of amides is 1. The molecule has 6 nitrogen and oxygen atoms in total. The van der Waals surface area contributed by atoms with Gasteiger partial charge in [-0.1, -0.05) is 0 Å². The molecule has 0 saturated carbocycles. The van der Waals surface area contributed by atoms with Crippen molar-refractivity contribution in [3.05, 3.63) is 48.5 Å². The summed E-state index contributed by atoms with van der Waals surface area (Å²) in [6.07, 6.45) is 3.42. The molecule has 0 unspecified atom stereocenters. The van der Waals surface area contributed by atoms with E-state index in [1.54, 1.807) is 37.2 Å². The van der Waals surface area contributed by atoms with Crippen LogP contribution in [0.5, 0.6) is 5.75 Å². The summed E-state index contributed by atoms with van der Waals surface area (Å²) in [6.45, 7) is 5.95. The number of carbonyl (C=O) groups excluding carboxylic acids is 1. The van der Waals surface area contributed by atoms with Crippen molar-refractivity contribution in [3.8, 4) is 5.75 Å². The molecule has 0 bridgehead atoms. The first kappa shape index (κ1) is 17.1. The Morgan fingerprint density at radius 1 is 1.08 bits per heavy atom. The van der Waals surface area contributed by atoms with E-state index in [-0.39, 0.29) is 11.7 Å². The number of nitrogens with zero attached hydrogens (tertiary/aromatic N) is 4. The van der Waals surface area contributed by atoms with Gasteiger partial charge in [0.2, 0.25) is 5.95 Å². The third-order valence-electron chi connectivity index (χ3n) is 4.10. The van der Waals surface area contributed by atoms with Gasteiger partial charge in [0.15, 0.2) is 5.60 Å². The van der Waals surface area contributed by atoms with E-state index in [1.807, 2.05) is 0 Å². The van der Waals surface area contributed by atoms with Gasteiger partial charge in [0.25, 0.3) is 5.91 Å². The highest BCUT2D eigenvalue weighted by Gasteiger charge is 2.36. The van der Waals surface area contributed by atoms with Gasteiger partial charge in [-0.2, -0.15) is 0 Å². The second kappa shape index (κ2) is 7.04. The van der Waals surface area contributed by atoms with Crippen LogP contribution in [0.4, 0.5) is 10.3 Å². The number of benzene rings is 1. The van der Waals surface area contributed by atoms with Gasteiger partial charge in [0.1, 0.15) is 11.6 Å². The molecular weight excluding hydrogens is 323 g/mol. The van der Waals surface area contributed by atoms with Crippen molar-refractivity contribution < 1.29 is 13.9 Å². The van der Waals surface area contributed by atoms with E-state index in [9.17, 15) is 9.18 Å². The molecule has 2 aromatic rings. The minimum absolute atomic E-state index is 0.0922. The van der Waals surface area contributed by atoms with Gasteiger partial charge >= 0.3 is 0 Å². The number of hydrogen-bond donors (Lipinski definition) is 0. The van der Waals surface area contributed by atoms with Crippen LogP contribution in [0.1, 0.15) is 13.8 Å². The van der Waals surface area contributed by atoms with Gasteiger partial charge in [-0.25, -0.2) is 14.4 Å². The molecule has 1 amide bonds. The fraction of sp³-hybridized carbons (Fsp3) is 0.389.